The molecule has 0 unspecified atom stereocenters. The van der Waals surface area contributed by atoms with E-state index in [2.05, 4.69) is 4.74 Å². The fraction of sp³-hybridized carbons (Fsp3) is 0.875. The van der Waals surface area contributed by atoms with E-state index in [-0.39, 0.29) is 12.0 Å². The van der Waals surface area contributed by atoms with E-state index in [0.29, 0.717) is 6.42 Å². The molecule has 12 heavy (non-hydrogen) atoms. The molecule has 0 radical (unpaired) electrons. The minimum atomic E-state index is -0.844. The number of nitrogens with two attached hydrogens (primary N) is 1. The molecule has 0 aromatic carbocycles. The van der Waals surface area contributed by atoms with Crippen LogP contribution in [0.25, 0.3) is 0 Å². The molecule has 0 aliphatic rings. The van der Waals surface area contributed by atoms with Gasteiger partial charge in [-0.15, -0.1) is 0 Å². The number of amides is 1. The standard InChI is InChI=1S/C8H17NO3/c1-8(2,3)4-6(10)5-12-7(9)11/h6,10H,4-5H2,1-3H3,(H2,9,11)/t6-/m1/s1. The molecular formula is C8H17NO3. The third kappa shape index (κ3) is 7.34. The summed E-state index contributed by atoms with van der Waals surface area (Å²) in [6.07, 6.45) is -0.888. The van der Waals surface area contributed by atoms with Gasteiger partial charge in [-0.25, -0.2) is 4.79 Å². The second-order valence-electron chi connectivity index (χ2n) is 4.05. The molecule has 0 aliphatic heterocycles. The maximum atomic E-state index is 10.2. The predicted molar refractivity (Wildman–Crippen MR) is 45.6 cm³/mol. The normalized spacial score (nSPS) is 14.0. The molecule has 72 valence electrons. The van der Waals surface area contributed by atoms with E-state index in [1.165, 1.54) is 0 Å². The highest BCUT2D eigenvalue weighted by Crippen LogP contribution is 2.20. The van der Waals surface area contributed by atoms with Crippen molar-refractivity contribution in [2.45, 2.75) is 33.3 Å². The first-order chi connectivity index (χ1) is 5.31. The first-order valence-corrected chi connectivity index (χ1v) is 3.91. The number of ether oxygens (including phenoxy) is 1. The number of aliphatic hydroxyl groups is 1. The van der Waals surface area contributed by atoms with Crippen LogP contribution in [-0.2, 0) is 4.74 Å². The molecule has 0 saturated carbocycles. The van der Waals surface area contributed by atoms with Gasteiger partial charge in [-0.2, -0.15) is 0 Å². The summed E-state index contributed by atoms with van der Waals surface area (Å²) in [5.74, 6) is 0. The lowest BCUT2D eigenvalue weighted by atomic mass is 9.89. The lowest BCUT2D eigenvalue weighted by molar-refractivity contribution is 0.0476. The van der Waals surface area contributed by atoms with E-state index in [4.69, 9.17) is 5.73 Å². The van der Waals surface area contributed by atoms with Crippen LogP contribution < -0.4 is 5.73 Å². The Balaban J connectivity index is 3.60. The Bertz CT molecular complexity index is 151. The second kappa shape index (κ2) is 4.30. The van der Waals surface area contributed by atoms with Gasteiger partial charge in [-0.05, 0) is 11.8 Å². The molecular weight excluding hydrogens is 158 g/mol. The van der Waals surface area contributed by atoms with Crippen LogP contribution in [0, 0.1) is 5.41 Å². The van der Waals surface area contributed by atoms with Crippen molar-refractivity contribution in [3.63, 3.8) is 0 Å². The zero-order valence-electron chi connectivity index (χ0n) is 7.83. The summed E-state index contributed by atoms with van der Waals surface area (Å²) in [7, 11) is 0. The van der Waals surface area contributed by atoms with Gasteiger partial charge in [0, 0.05) is 0 Å². The van der Waals surface area contributed by atoms with Crippen LogP contribution >= 0.6 is 0 Å². The van der Waals surface area contributed by atoms with E-state index < -0.39 is 12.2 Å². The van der Waals surface area contributed by atoms with Crippen LogP contribution in [0.1, 0.15) is 27.2 Å². The molecule has 0 aliphatic carbocycles. The minimum absolute atomic E-state index is 0.0212. The molecule has 0 aromatic heterocycles. The summed E-state index contributed by atoms with van der Waals surface area (Å²) in [6.45, 7) is 5.98. The van der Waals surface area contributed by atoms with Crippen LogP contribution in [0.3, 0.4) is 0 Å². The molecule has 1 amide bonds. The zero-order valence-corrected chi connectivity index (χ0v) is 7.83. The lowest BCUT2D eigenvalue weighted by Crippen LogP contribution is -2.26. The molecule has 0 saturated heterocycles. The van der Waals surface area contributed by atoms with Crippen LogP contribution in [0.4, 0.5) is 4.79 Å². The average molecular weight is 175 g/mol. The van der Waals surface area contributed by atoms with Gasteiger partial charge in [0.2, 0.25) is 0 Å². The van der Waals surface area contributed by atoms with E-state index >= 15 is 0 Å². The Morgan fingerprint density at radius 1 is 1.58 bits per heavy atom. The molecule has 0 spiro atoms. The minimum Gasteiger partial charge on any atom is -0.447 e. The summed E-state index contributed by atoms with van der Waals surface area (Å²) in [4.78, 5) is 10.2. The van der Waals surface area contributed by atoms with Gasteiger partial charge in [0.15, 0.2) is 0 Å². The number of hydrogen-bond donors (Lipinski definition) is 2. The summed E-state index contributed by atoms with van der Waals surface area (Å²) in [6, 6.07) is 0. The van der Waals surface area contributed by atoms with E-state index in [0.717, 1.165) is 0 Å². The molecule has 0 fully saturated rings. The van der Waals surface area contributed by atoms with Crippen LogP contribution in [0.2, 0.25) is 0 Å². The molecule has 0 bridgehead atoms. The zero-order chi connectivity index (χ0) is 9.78. The van der Waals surface area contributed by atoms with Gasteiger partial charge in [0.05, 0.1) is 6.10 Å². The Labute approximate surface area is 72.7 Å². The van der Waals surface area contributed by atoms with Crippen molar-refractivity contribution in [2.75, 3.05) is 6.61 Å². The number of aliphatic hydroxyl groups excluding tert-OH is 1. The Morgan fingerprint density at radius 3 is 2.42 bits per heavy atom. The Hall–Kier alpha value is -0.770. The van der Waals surface area contributed by atoms with Crippen LogP contribution in [-0.4, -0.2) is 23.9 Å². The van der Waals surface area contributed by atoms with E-state index in [1.807, 2.05) is 20.8 Å². The van der Waals surface area contributed by atoms with Crippen LogP contribution in [0.5, 0.6) is 0 Å². The summed E-state index contributed by atoms with van der Waals surface area (Å²) in [5, 5.41) is 9.30. The van der Waals surface area contributed by atoms with Gasteiger partial charge in [-0.1, -0.05) is 20.8 Å². The Morgan fingerprint density at radius 2 is 2.08 bits per heavy atom. The average Bonchev–Trinajstić information content (AvgIpc) is 1.79. The predicted octanol–water partition coefficient (Wildman–Crippen LogP) is 0.879. The van der Waals surface area contributed by atoms with Crippen molar-refractivity contribution < 1.29 is 14.6 Å². The first kappa shape index (κ1) is 11.2. The van der Waals surface area contributed by atoms with Crippen molar-refractivity contribution in [2.24, 2.45) is 11.1 Å². The van der Waals surface area contributed by atoms with Gasteiger partial charge in [0.1, 0.15) is 6.61 Å². The molecule has 0 rings (SSSR count). The fourth-order valence-corrected chi connectivity index (χ4v) is 0.944. The smallest absolute Gasteiger partial charge is 0.404 e. The maximum absolute atomic E-state index is 10.2. The number of carbonyl (C=O) groups is 1. The molecule has 4 nitrogen and oxygen atoms in total. The summed E-state index contributed by atoms with van der Waals surface area (Å²) in [5.41, 5.74) is 4.76. The monoisotopic (exact) mass is 175 g/mol. The summed E-state index contributed by atoms with van der Waals surface area (Å²) >= 11 is 0. The third-order valence-electron chi connectivity index (χ3n) is 1.27. The van der Waals surface area contributed by atoms with Crippen molar-refractivity contribution in [3.05, 3.63) is 0 Å². The Kier molecular flexibility index (Phi) is 4.03. The number of carbonyl (C=O) groups excluding carboxylic acids is 1. The van der Waals surface area contributed by atoms with Gasteiger partial charge < -0.3 is 15.6 Å². The van der Waals surface area contributed by atoms with Crippen molar-refractivity contribution in [3.8, 4) is 0 Å². The van der Waals surface area contributed by atoms with Gasteiger partial charge in [0.25, 0.3) is 0 Å². The molecule has 0 heterocycles. The highest BCUT2D eigenvalue weighted by molar-refractivity contribution is 5.64. The number of primary amides is 1. The highest BCUT2D eigenvalue weighted by Gasteiger charge is 2.17. The molecule has 1 atom stereocenters. The van der Waals surface area contributed by atoms with Crippen molar-refractivity contribution in [1.82, 2.24) is 0 Å². The largest absolute Gasteiger partial charge is 0.447 e. The van der Waals surface area contributed by atoms with E-state index in [1.54, 1.807) is 0 Å². The second-order valence-corrected chi connectivity index (χ2v) is 4.05. The van der Waals surface area contributed by atoms with Crippen LogP contribution in [0.15, 0.2) is 0 Å². The first-order valence-electron chi connectivity index (χ1n) is 3.91. The quantitative estimate of drug-likeness (QED) is 0.668. The third-order valence-corrected chi connectivity index (χ3v) is 1.27. The molecule has 4 heteroatoms. The van der Waals surface area contributed by atoms with Crippen molar-refractivity contribution >= 4 is 6.09 Å². The van der Waals surface area contributed by atoms with E-state index in [9.17, 15) is 9.90 Å². The maximum Gasteiger partial charge on any atom is 0.404 e. The topological polar surface area (TPSA) is 72.6 Å². The fourth-order valence-electron chi connectivity index (χ4n) is 0.944. The number of hydrogen-bond acceptors (Lipinski definition) is 3. The summed E-state index contributed by atoms with van der Waals surface area (Å²) < 4.78 is 4.44. The highest BCUT2D eigenvalue weighted by atomic mass is 16.6. The molecule has 3 N–H and O–H groups in total. The van der Waals surface area contributed by atoms with Gasteiger partial charge in [-0.3, -0.25) is 0 Å². The lowest BCUT2D eigenvalue weighted by Gasteiger charge is -2.21. The SMILES string of the molecule is CC(C)(C)C[C@@H](O)COC(N)=O. The molecule has 0 aromatic rings. The number of rotatable bonds is 3. The van der Waals surface area contributed by atoms with Crippen molar-refractivity contribution in [1.29, 1.82) is 0 Å². The van der Waals surface area contributed by atoms with Gasteiger partial charge >= 0.3 is 6.09 Å².